The lowest BCUT2D eigenvalue weighted by molar-refractivity contribution is 0.423. The first-order valence-electron chi connectivity index (χ1n) is 8.19. The second-order valence-corrected chi connectivity index (χ2v) is 5.38. The van der Waals surface area contributed by atoms with Crippen LogP contribution in [0.4, 0.5) is 0 Å². The minimum absolute atomic E-state index is 0.764. The third-order valence-corrected chi connectivity index (χ3v) is 3.61. The molecule has 1 nitrogen and oxygen atoms in total. The molecule has 1 unspecified atom stereocenters. The van der Waals surface area contributed by atoms with Crippen LogP contribution in [0.5, 0.6) is 0 Å². The van der Waals surface area contributed by atoms with Crippen LogP contribution in [0.15, 0.2) is 12.7 Å². The molecule has 0 bridgehead atoms. The number of rotatable bonds is 14. The molecule has 1 heteroatoms. The molecular weight excluding hydrogens is 218 g/mol. The fourth-order valence-corrected chi connectivity index (χ4v) is 2.49. The number of allylic oxidation sites excluding steroid dienone is 1. The molecule has 0 saturated carbocycles. The average Bonchev–Trinajstić information content (AvgIpc) is 2.38. The Morgan fingerprint density at radius 3 is 2.06 bits per heavy atom. The first-order valence-corrected chi connectivity index (χ1v) is 8.19. The molecule has 1 atom stereocenters. The zero-order valence-electron chi connectivity index (χ0n) is 12.8. The van der Waals surface area contributed by atoms with E-state index in [1.54, 1.807) is 0 Å². The standard InChI is InChI=1S/C17H35N/c1-4-7-9-11-13-15-17(18-6-3)16-14-12-10-8-5-2/h4,17-18H,1,5-16H2,2-3H3. The summed E-state index contributed by atoms with van der Waals surface area (Å²) in [5.41, 5.74) is 0. The van der Waals surface area contributed by atoms with Crippen molar-refractivity contribution >= 4 is 0 Å². The summed E-state index contributed by atoms with van der Waals surface area (Å²) in [6, 6.07) is 0.764. The van der Waals surface area contributed by atoms with Gasteiger partial charge >= 0.3 is 0 Å². The second kappa shape index (κ2) is 14.8. The molecule has 108 valence electrons. The van der Waals surface area contributed by atoms with Crippen molar-refractivity contribution in [1.82, 2.24) is 5.32 Å². The van der Waals surface area contributed by atoms with Crippen LogP contribution in [0.2, 0.25) is 0 Å². The molecule has 0 heterocycles. The fourth-order valence-electron chi connectivity index (χ4n) is 2.49. The van der Waals surface area contributed by atoms with Crippen LogP contribution in [0.3, 0.4) is 0 Å². The Balaban J connectivity index is 3.48. The zero-order valence-corrected chi connectivity index (χ0v) is 12.8. The van der Waals surface area contributed by atoms with Gasteiger partial charge in [0.2, 0.25) is 0 Å². The molecule has 0 amide bonds. The number of nitrogens with one attached hydrogen (secondary N) is 1. The van der Waals surface area contributed by atoms with Crippen molar-refractivity contribution in [3.63, 3.8) is 0 Å². The molecule has 0 spiro atoms. The van der Waals surface area contributed by atoms with Gasteiger partial charge in [-0.25, -0.2) is 0 Å². The molecule has 1 N–H and O–H groups in total. The Morgan fingerprint density at radius 2 is 1.50 bits per heavy atom. The summed E-state index contributed by atoms with van der Waals surface area (Å²) in [4.78, 5) is 0. The van der Waals surface area contributed by atoms with Gasteiger partial charge in [-0.2, -0.15) is 0 Å². The van der Waals surface area contributed by atoms with Gasteiger partial charge in [0, 0.05) is 6.04 Å². The number of hydrogen-bond donors (Lipinski definition) is 1. The lowest BCUT2D eigenvalue weighted by Crippen LogP contribution is -2.28. The second-order valence-electron chi connectivity index (χ2n) is 5.38. The van der Waals surface area contributed by atoms with Crippen LogP contribution in [0.1, 0.15) is 84.5 Å². The SMILES string of the molecule is C=CCCCCCC(CCCCCCC)NCC. The summed E-state index contributed by atoms with van der Waals surface area (Å²) in [5, 5.41) is 3.64. The zero-order chi connectivity index (χ0) is 13.5. The van der Waals surface area contributed by atoms with Crippen LogP contribution >= 0.6 is 0 Å². The highest BCUT2D eigenvalue weighted by Crippen LogP contribution is 2.13. The van der Waals surface area contributed by atoms with Gasteiger partial charge in [-0.3, -0.25) is 0 Å². The van der Waals surface area contributed by atoms with E-state index >= 15 is 0 Å². The maximum Gasteiger partial charge on any atom is 0.00669 e. The highest BCUT2D eigenvalue weighted by molar-refractivity contribution is 4.68. The van der Waals surface area contributed by atoms with E-state index in [9.17, 15) is 0 Å². The molecule has 0 rings (SSSR count). The topological polar surface area (TPSA) is 12.0 Å². The van der Waals surface area contributed by atoms with Crippen molar-refractivity contribution in [2.75, 3.05) is 6.54 Å². The third-order valence-electron chi connectivity index (χ3n) is 3.61. The van der Waals surface area contributed by atoms with Crippen LogP contribution in [-0.4, -0.2) is 12.6 Å². The van der Waals surface area contributed by atoms with Gasteiger partial charge in [0.05, 0.1) is 0 Å². The van der Waals surface area contributed by atoms with E-state index in [-0.39, 0.29) is 0 Å². The van der Waals surface area contributed by atoms with Gasteiger partial charge in [-0.1, -0.05) is 64.9 Å². The van der Waals surface area contributed by atoms with Gasteiger partial charge in [0.15, 0.2) is 0 Å². The number of unbranched alkanes of at least 4 members (excludes halogenated alkanes) is 7. The summed E-state index contributed by atoms with van der Waals surface area (Å²) in [6.45, 7) is 9.40. The van der Waals surface area contributed by atoms with E-state index in [4.69, 9.17) is 0 Å². The Labute approximate surface area is 115 Å². The van der Waals surface area contributed by atoms with E-state index in [0.717, 1.165) is 12.6 Å². The van der Waals surface area contributed by atoms with Crippen molar-refractivity contribution in [1.29, 1.82) is 0 Å². The summed E-state index contributed by atoms with van der Waals surface area (Å²) in [7, 11) is 0. The monoisotopic (exact) mass is 253 g/mol. The molecule has 0 radical (unpaired) electrons. The smallest absolute Gasteiger partial charge is 0.00669 e. The minimum atomic E-state index is 0.764. The number of hydrogen-bond acceptors (Lipinski definition) is 1. The van der Waals surface area contributed by atoms with Gasteiger partial charge in [0.1, 0.15) is 0 Å². The van der Waals surface area contributed by atoms with Gasteiger partial charge in [-0.15, -0.1) is 6.58 Å². The highest BCUT2D eigenvalue weighted by Gasteiger charge is 2.06. The molecule has 0 saturated heterocycles. The van der Waals surface area contributed by atoms with Crippen LogP contribution < -0.4 is 5.32 Å². The Hall–Kier alpha value is -0.300. The summed E-state index contributed by atoms with van der Waals surface area (Å²) in [5.74, 6) is 0. The lowest BCUT2D eigenvalue weighted by atomic mass is 10.0. The Kier molecular flexibility index (Phi) is 14.5. The fraction of sp³-hybridized carbons (Fsp3) is 0.882. The molecule has 0 aliphatic carbocycles. The minimum Gasteiger partial charge on any atom is -0.314 e. The Morgan fingerprint density at radius 1 is 0.889 bits per heavy atom. The maximum absolute atomic E-state index is 3.78. The first kappa shape index (κ1) is 17.7. The van der Waals surface area contributed by atoms with E-state index in [1.165, 1.54) is 70.6 Å². The summed E-state index contributed by atoms with van der Waals surface area (Å²) < 4.78 is 0. The predicted molar refractivity (Wildman–Crippen MR) is 84.1 cm³/mol. The lowest BCUT2D eigenvalue weighted by Gasteiger charge is -2.17. The summed E-state index contributed by atoms with van der Waals surface area (Å²) in [6.07, 6.45) is 17.0. The largest absolute Gasteiger partial charge is 0.314 e. The van der Waals surface area contributed by atoms with E-state index in [1.807, 2.05) is 6.08 Å². The normalized spacial score (nSPS) is 12.6. The van der Waals surface area contributed by atoms with Crippen molar-refractivity contribution in [2.45, 2.75) is 90.5 Å². The van der Waals surface area contributed by atoms with E-state index in [2.05, 4.69) is 25.7 Å². The molecule has 0 aromatic carbocycles. The van der Waals surface area contributed by atoms with Gasteiger partial charge < -0.3 is 5.32 Å². The molecular formula is C17H35N. The van der Waals surface area contributed by atoms with Crippen LogP contribution in [0.25, 0.3) is 0 Å². The first-order chi connectivity index (χ1) is 8.85. The predicted octanol–water partition coefficient (Wildman–Crippen LogP) is 5.46. The van der Waals surface area contributed by atoms with Crippen molar-refractivity contribution in [3.05, 3.63) is 12.7 Å². The van der Waals surface area contributed by atoms with E-state index < -0.39 is 0 Å². The van der Waals surface area contributed by atoms with Crippen molar-refractivity contribution in [2.24, 2.45) is 0 Å². The van der Waals surface area contributed by atoms with Crippen LogP contribution in [-0.2, 0) is 0 Å². The Bertz CT molecular complexity index is 165. The third kappa shape index (κ3) is 12.2. The highest BCUT2D eigenvalue weighted by atomic mass is 14.9. The molecule has 18 heavy (non-hydrogen) atoms. The molecule has 0 aromatic heterocycles. The molecule has 0 aromatic rings. The average molecular weight is 253 g/mol. The van der Waals surface area contributed by atoms with Crippen molar-refractivity contribution < 1.29 is 0 Å². The van der Waals surface area contributed by atoms with E-state index in [0.29, 0.717) is 0 Å². The van der Waals surface area contributed by atoms with Gasteiger partial charge in [-0.05, 0) is 32.2 Å². The summed E-state index contributed by atoms with van der Waals surface area (Å²) >= 11 is 0. The van der Waals surface area contributed by atoms with Gasteiger partial charge in [0.25, 0.3) is 0 Å². The van der Waals surface area contributed by atoms with Crippen LogP contribution in [0, 0.1) is 0 Å². The quantitative estimate of drug-likeness (QED) is 0.320. The molecule has 0 aliphatic heterocycles. The maximum atomic E-state index is 3.78. The molecule has 0 fully saturated rings. The van der Waals surface area contributed by atoms with Crippen molar-refractivity contribution in [3.8, 4) is 0 Å². The molecule has 0 aliphatic rings.